The van der Waals surface area contributed by atoms with Crippen LogP contribution in [-0.2, 0) is 0 Å². The highest BCUT2D eigenvalue weighted by molar-refractivity contribution is 7.71. The van der Waals surface area contributed by atoms with Gasteiger partial charge in [-0.2, -0.15) is 4.98 Å². The van der Waals surface area contributed by atoms with Crippen LogP contribution < -0.4 is 0 Å². The molecule has 2 N–H and O–H groups in total. The topological polar surface area (TPSA) is 56.8 Å². The fourth-order valence-electron chi connectivity index (χ4n) is 1.08. The van der Waals surface area contributed by atoms with Crippen LogP contribution in [0, 0.1) is 4.77 Å². The largest absolute Gasteiger partial charge is 0.282 e. The van der Waals surface area contributed by atoms with Gasteiger partial charge in [0.1, 0.15) is 0 Å². The van der Waals surface area contributed by atoms with Gasteiger partial charge in [0.15, 0.2) is 5.82 Å². The Morgan fingerprint density at radius 1 is 1.38 bits per heavy atom. The predicted octanol–water partition coefficient (Wildman–Crippen LogP) is 1.84. The second kappa shape index (κ2) is 3.49. The molecule has 13 heavy (non-hydrogen) atoms. The third kappa shape index (κ3) is 1.81. The molecule has 1 aliphatic rings. The number of allylic oxidation sites excluding steroid dienone is 3. The smallest absolute Gasteiger partial charge is 0.213 e. The minimum absolute atomic E-state index is 0.467. The van der Waals surface area contributed by atoms with E-state index in [-0.39, 0.29) is 0 Å². The number of nitrogens with zero attached hydrogens (tertiary/aromatic N) is 2. The quantitative estimate of drug-likeness (QED) is 0.667. The molecule has 4 nitrogen and oxygen atoms in total. The Morgan fingerprint density at radius 2 is 2.31 bits per heavy atom. The fourth-order valence-corrected chi connectivity index (χ4v) is 1.22. The van der Waals surface area contributed by atoms with Crippen molar-refractivity contribution in [2.45, 2.75) is 6.42 Å². The number of aromatic amines is 2. The van der Waals surface area contributed by atoms with Gasteiger partial charge in [0.25, 0.3) is 0 Å². The number of H-pyrrole nitrogens is 2. The molecule has 0 fully saturated rings. The first-order chi connectivity index (χ1) is 6.36. The first kappa shape index (κ1) is 8.12. The lowest BCUT2D eigenvalue weighted by Crippen LogP contribution is -1.83. The molecule has 0 aliphatic carbocycles. The zero-order valence-electron chi connectivity index (χ0n) is 6.82. The van der Waals surface area contributed by atoms with Gasteiger partial charge in [-0.15, -0.1) is 0 Å². The van der Waals surface area contributed by atoms with Crippen LogP contribution in [0.3, 0.4) is 0 Å². The summed E-state index contributed by atoms with van der Waals surface area (Å²) in [6, 6.07) is 0. The highest BCUT2D eigenvalue weighted by atomic mass is 32.1. The Morgan fingerprint density at radius 3 is 3.08 bits per heavy atom. The maximum absolute atomic E-state index is 4.86. The van der Waals surface area contributed by atoms with E-state index in [0.717, 1.165) is 17.8 Å². The molecule has 0 aromatic carbocycles. The van der Waals surface area contributed by atoms with Crippen LogP contribution in [0.5, 0.6) is 0 Å². The molecule has 1 aliphatic heterocycles. The van der Waals surface area contributed by atoms with Crippen molar-refractivity contribution in [1.29, 1.82) is 0 Å². The third-order valence-corrected chi connectivity index (χ3v) is 1.86. The SMILES string of the molecule is S=c1nc(C2=CCC=NC=C2)[nH][nH]1. The average Bonchev–Trinajstić information content (AvgIpc) is 2.43. The van der Waals surface area contributed by atoms with Crippen molar-refractivity contribution >= 4 is 24.0 Å². The van der Waals surface area contributed by atoms with Crippen LogP contribution in [-0.4, -0.2) is 21.4 Å². The summed E-state index contributed by atoms with van der Waals surface area (Å²) >= 11 is 4.86. The van der Waals surface area contributed by atoms with E-state index >= 15 is 0 Å². The third-order valence-electron chi connectivity index (χ3n) is 1.66. The van der Waals surface area contributed by atoms with E-state index in [4.69, 9.17) is 12.2 Å². The normalized spacial score (nSPS) is 15.5. The van der Waals surface area contributed by atoms with Gasteiger partial charge < -0.3 is 0 Å². The number of aromatic nitrogens is 3. The van der Waals surface area contributed by atoms with Crippen molar-refractivity contribution in [3.63, 3.8) is 0 Å². The summed E-state index contributed by atoms with van der Waals surface area (Å²) in [4.78, 5) is 8.12. The Hall–Kier alpha value is -1.49. The van der Waals surface area contributed by atoms with Crippen LogP contribution >= 0.6 is 12.2 Å². The number of aliphatic imine (C=N–C) groups is 1. The summed E-state index contributed by atoms with van der Waals surface area (Å²) in [6.07, 6.45) is 8.32. The molecular formula is C8H8N4S. The van der Waals surface area contributed by atoms with Crippen molar-refractivity contribution in [3.8, 4) is 0 Å². The van der Waals surface area contributed by atoms with Crippen LogP contribution in [0.1, 0.15) is 12.2 Å². The molecule has 1 aromatic heterocycles. The van der Waals surface area contributed by atoms with E-state index in [0.29, 0.717) is 4.77 Å². The first-order valence-corrected chi connectivity index (χ1v) is 4.30. The molecule has 1 aromatic rings. The van der Waals surface area contributed by atoms with Gasteiger partial charge in [-0.3, -0.25) is 15.2 Å². The van der Waals surface area contributed by atoms with Crippen LogP contribution in [0.2, 0.25) is 0 Å². The molecule has 0 saturated heterocycles. The molecule has 5 heteroatoms. The summed E-state index contributed by atoms with van der Waals surface area (Å²) in [5, 5.41) is 5.64. The standard InChI is InChI=1S/C8H8N4S/c13-8-10-7(11-12-8)6-2-1-4-9-5-3-6/h2-5H,1H2,(H2,10,11,12,13). The van der Waals surface area contributed by atoms with E-state index in [2.05, 4.69) is 20.2 Å². The maximum Gasteiger partial charge on any atom is 0.213 e. The molecular weight excluding hydrogens is 184 g/mol. The summed E-state index contributed by atoms with van der Waals surface area (Å²) < 4.78 is 0.467. The molecule has 0 amide bonds. The molecule has 2 rings (SSSR count). The summed E-state index contributed by atoms with van der Waals surface area (Å²) in [5.74, 6) is 0.756. The van der Waals surface area contributed by atoms with Gasteiger partial charge in [0, 0.05) is 24.4 Å². The summed E-state index contributed by atoms with van der Waals surface area (Å²) in [6.45, 7) is 0. The zero-order valence-corrected chi connectivity index (χ0v) is 7.64. The molecule has 0 spiro atoms. The van der Waals surface area contributed by atoms with Gasteiger partial charge in [-0.25, -0.2) is 0 Å². The Labute approximate surface area is 80.1 Å². The van der Waals surface area contributed by atoms with Crippen molar-refractivity contribution < 1.29 is 0 Å². The van der Waals surface area contributed by atoms with Crippen LogP contribution in [0.15, 0.2) is 23.3 Å². The second-order valence-electron chi connectivity index (χ2n) is 2.56. The Bertz CT molecular complexity index is 435. The molecule has 0 atom stereocenters. The van der Waals surface area contributed by atoms with Gasteiger partial charge in [0.2, 0.25) is 4.77 Å². The Kier molecular flexibility index (Phi) is 2.18. The molecule has 0 saturated carbocycles. The first-order valence-electron chi connectivity index (χ1n) is 3.89. The Balaban J connectivity index is 2.36. The second-order valence-corrected chi connectivity index (χ2v) is 2.94. The summed E-state index contributed by atoms with van der Waals surface area (Å²) in [7, 11) is 0. The fraction of sp³-hybridized carbons (Fsp3) is 0.125. The number of hydrogen-bond acceptors (Lipinski definition) is 3. The number of hydrogen-bond donors (Lipinski definition) is 2. The zero-order chi connectivity index (χ0) is 9.10. The molecule has 0 bridgehead atoms. The van der Waals surface area contributed by atoms with Crippen molar-refractivity contribution in [1.82, 2.24) is 15.2 Å². The predicted molar refractivity (Wildman–Crippen MR) is 54.0 cm³/mol. The lowest BCUT2D eigenvalue weighted by atomic mass is 10.2. The van der Waals surface area contributed by atoms with E-state index in [1.165, 1.54) is 0 Å². The monoisotopic (exact) mass is 192 g/mol. The minimum Gasteiger partial charge on any atom is -0.282 e. The van der Waals surface area contributed by atoms with Crippen molar-refractivity contribution in [3.05, 3.63) is 28.9 Å². The van der Waals surface area contributed by atoms with Gasteiger partial charge >= 0.3 is 0 Å². The molecule has 0 radical (unpaired) electrons. The lowest BCUT2D eigenvalue weighted by Gasteiger charge is -1.92. The van der Waals surface area contributed by atoms with E-state index in [1.807, 2.05) is 18.4 Å². The summed E-state index contributed by atoms with van der Waals surface area (Å²) in [5.41, 5.74) is 1.00. The van der Waals surface area contributed by atoms with E-state index in [1.54, 1.807) is 6.20 Å². The van der Waals surface area contributed by atoms with Crippen LogP contribution in [0.25, 0.3) is 5.57 Å². The highest BCUT2D eigenvalue weighted by Crippen LogP contribution is 2.12. The van der Waals surface area contributed by atoms with E-state index < -0.39 is 0 Å². The number of rotatable bonds is 1. The maximum atomic E-state index is 4.86. The van der Waals surface area contributed by atoms with E-state index in [9.17, 15) is 0 Å². The molecule has 0 unspecified atom stereocenters. The average molecular weight is 192 g/mol. The van der Waals surface area contributed by atoms with Crippen LogP contribution in [0.4, 0.5) is 0 Å². The van der Waals surface area contributed by atoms with Crippen molar-refractivity contribution in [2.75, 3.05) is 0 Å². The minimum atomic E-state index is 0.467. The van der Waals surface area contributed by atoms with Gasteiger partial charge in [-0.1, -0.05) is 6.08 Å². The molecule has 66 valence electrons. The van der Waals surface area contributed by atoms with Crippen molar-refractivity contribution in [2.24, 2.45) is 4.99 Å². The lowest BCUT2D eigenvalue weighted by molar-refractivity contribution is 1.06. The number of nitrogens with one attached hydrogen (secondary N) is 2. The van der Waals surface area contributed by atoms with Gasteiger partial charge in [-0.05, 0) is 18.3 Å². The van der Waals surface area contributed by atoms with Gasteiger partial charge in [0.05, 0.1) is 0 Å². The molecule has 2 heterocycles. The highest BCUT2D eigenvalue weighted by Gasteiger charge is 2.01.